The van der Waals surface area contributed by atoms with Gasteiger partial charge in [-0.3, -0.25) is 9.36 Å². The van der Waals surface area contributed by atoms with Crippen molar-refractivity contribution < 1.29 is 8.78 Å². The Morgan fingerprint density at radius 1 is 0.824 bits per heavy atom. The average molecular weight is 458 g/mol. The van der Waals surface area contributed by atoms with Gasteiger partial charge < -0.3 is 4.57 Å². The molecule has 0 saturated heterocycles. The Hall–Kier alpha value is -4.33. The molecule has 0 fully saturated rings. The number of rotatable bonds is 5. The van der Waals surface area contributed by atoms with Crippen molar-refractivity contribution in [2.24, 2.45) is 0 Å². The zero-order chi connectivity index (χ0) is 23.8. The number of aryl methyl sites for hydroxylation is 1. The van der Waals surface area contributed by atoms with Crippen LogP contribution in [0, 0.1) is 18.6 Å². The van der Waals surface area contributed by atoms with Crippen LogP contribution in [0.3, 0.4) is 0 Å². The van der Waals surface area contributed by atoms with Gasteiger partial charge in [0, 0.05) is 6.54 Å². The van der Waals surface area contributed by atoms with Crippen LogP contribution in [0.2, 0.25) is 0 Å². The predicted octanol–water partition coefficient (Wildman–Crippen LogP) is 4.03. The fraction of sp³-hybridized carbons (Fsp3) is 0.115. The topological polar surface area (TPSA) is 61.8 Å². The predicted molar refractivity (Wildman–Crippen MR) is 125 cm³/mol. The first-order chi connectivity index (χ1) is 16.4. The molecule has 3 aromatic carbocycles. The zero-order valence-corrected chi connectivity index (χ0v) is 18.3. The third-order valence-corrected chi connectivity index (χ3v) is 5.78. The molecule has 5 aromatic rings. The number of aromatic nitrogens is 4. The number of hydrogen-bond donors (Lipinski definition) is 0. The number of hydrogen-bond acceptors (Lipinski definition) is 3. The number of imidazole rings is 1. The summed E-state index contributed by atoms with van der Waals surface area (Å²) in [6.07, 6.45) is 1.44. The maximum Gasteiger partial charge on any atom is 0.337 e. The van der Waals surface area contributed by atoms with E-state index in [0.29, 0.717) is 11.3 Å². The van der Waals surface area contributed by atoms with E-state index in [9.17, 15) is 18.4 Å². The van der Waals surface area contributed by atoms with Crippen molar-refractivity contribution >= 4 is 11.2 Å². The van der Waals surface area contributed by atoms with Crippen molar-refractivity contribution in [2.75, 3.05) is 0 Å². The molecule has 0 bridgehead atoms. The van der Waals surface area contributed by atoms with Crippen LogP contribution in [-0.4, -0.2) is 18.7 Å². The van der Waals surface area contributed by atoms with Crippen molar-refractivity contribution in [3.63, 3.8) is 0 Å². The molecule has 0 radical (unpaired) electrons. The van der Waals surface area contributed by atoms with Gasteiger partial charge in [-0.2, -0.15) is 0 Å². The molecule has 5 rings (SSSR count). The first-order valence-electron chi connectivity index (χ1n) is 10.7. The minimum Gasteiger partial charge on any atom is -0.320 e. The lowest BCUT2D eigenvalue weighted by molar-refractivity contribution is 0.506. The lowest BCUT2D eigenvalue weighted by Crippen LogP contribution is -2.40. The number of nitrogens with zero attached hydrogens (tertiary/aromatic N) is 4. The van der Waals surface area contributed by atoms with E-state index in [-0.39, 0.29) is 24.3 Å². The molecular formula is C26H20F2N4O2. The van der Waals surface area contributed by atoms with Crippen LogP contribution in [-0.2, 0) is 13.1 Å². The van der Waals surface area contributed by atoms with Crippen molar-refractivity contribution in [3.05, 3.63) is 128 Å². The van der Waals surface area contributed by atoms with Crippen LogP contribution < -0.4 is 11.2 Å². The highest BCUT2D eigenvalue weighted by Gasteiger charge is 2.20. The van der Waals surface area contributed by atoms with Crippen LogP contribution in [0.5, 0.6) is 0 Å². The largest absolute Gasteiger partial charge is 0.337 e. The summed E-state index contributed by atoms with van der Waals surface area (Å²) in [5.41, 5.74) is 2.09. The van der Waals surface area contributed by atoms with E-state index in [1.54, 1.807) is 10.6 Å². The van der Waals surface area contributed by atoms with E-state index in [1.807, 2.05) is 55.5 Å². The third kappa shape index (κ3) is 3.73. The summed E-state index contributed by atoms with van der Waals surface area (Å²) in [5.74, 6) is -1.92. The molecule has 0 atom stereocenters. The summed E-state index contributed by atoms with van der Waals surface area (Å²) in [6.45, 7) is 2.04. The molecule has 0 unspecified atom stereocenters. The molecule has 0 N–H and O–H groups in total. The molecule has 0 saturated carbocycles. The van der Waals surface area contributed by atoms with Crippen molar-refractivity contribution in [2.45, 2.75) is 20.0 Å². The maximum atomic E-state index is 13.8. The van der Waals surface area contributed by atoms with E-state index in [0.717, 1.165) is 23.3 Å². The molecule has 0 aliphatic carbocycles. The molecule has 0 amide bonds. The second-order valence-corrected chi connectivity index (χ2v) is 8.07. The van der Waals surface area contributed by atoms with Gasteiger partial charge in [-0.25, -0.2) is 23.1 Å². The van der Waals surface area contributed by atoms with Gasteiger partial charge >= 0.3 is 5.69 Å². The highest BCUT2D eigenvalue weighted by Crippen LogP contribution is 2.18. The molecule has 8 heteroatoms. The first-order valence-corrected chi connectivity index (χ1v) is 10.7. The van der Waals surface area contributed by atoms with E-state index in [4.69, 9.17) is 0 Å². The summed E-state index contributed by atoms with van der Waals surface area (Å²) < 4.78 is 31.3. The third-order valence-electron chi connectivity index (χ3n) is 5.78. The summed E-state index contributed by atoms with van der Waals surface area (Å²) >= 11 is 0. The monoisotopic (exact) mass is 458 g/mol. The summed E-state index contributed by atoms with van der Waals surface area (Å²) in [7, 11) is 0. The summed E-state index contributed by atoms with van der Waals surface area (Å²) in [4.78, 5) is 31.6. The fourth-order valence-corrected chi connectivity index (χ4v) is 4.07. The first kappa shape index (κ1) is 21.5. The minimum atomic E-state index is -0.972. The molecule has 2 aromatic heterocycles. The van der Waals surface area contributed by atoms with Gasteiger partial charge in [0.05, 0.1) is 18.6 Å². The van der Waals surface area contributed by atoms with Crippen LogP contribution in [0.1, 0.15) is 16.7 Å². The Balaban J connectivity index is 1.77. The molecule has 6 nitrogen and oxygen atoms in total. The second-order valence-electron chi connectivity index (χ2n) is 8.07. The highest BCUT2D eigenvalue weighted by molar-refractivity contribution is 5.73. The molecular weight excluding hydrogens is 438 g/mol. The van der Waals surface area contributed by atoms with Gasteiger partial charge in [0.2, 0.25) is 0 Å². The average Bonchev–Trinajstić information content (AvgIpc) is 3.24. The van der Waals surface area contributed by atoms with Crippen molar-refractivity contribution in [1.29, 1.82) is 0 Å². The van der Waals surface area contributed by atoms with Crippen LogP contribution in [0.4, 0.5) is 8.78 Å². The van der Waals surface area contributed by atoms with Gasteiger partial charge in [-0.15, -0.1) is 0 Å². The Bertz CT molecular complexity index is 1640. The quantitative estimate of drug-likeness (QED) is 0.400. The van der Waals surface area contributed by atoms with E-state index >= 15 is 0 Å². The standard InChI is InChI=1S/C26H20F2N4O2/c1-17-7-5-6-10-22(17)32-24-23(25(33)31(26(32)34)15-18-8-3-2-4-9-18)30(16-29-24)14-19-11-12-20(27)21(28)13-19/h2-13,16H,14-15H2,1H3. The Kier molecular flexibility index (Phi) is 5.41. The van der Waals surface area contributed by atoms with E-state index in [1.165, 1.54) is 21.5 Å². The van der Waals surface area contributed by atoms with E-state index < -0.39 is 22.9 Å². The molecule has 0 aliphatic rings. The van der Waals surface area contributed by atoms with Gasteiger partial charge in [0.25, 0.3) is 5.56 Å². The smallest absolute Gasteiger partial charge is 0.320 e. The van der Waals surface area contributed by atoms with Gasteiger partial charge in [-0.1, -0.05) is 54.6 Å². The zero-order valence-electron chi connectivity index (χ0n) is 18.3. The summed E-state index contributed by atoms with van der Waals surface area (Å²) in [6, 6.07) is 20.1. The van der Waals surface area contributed by atoms with Crippen LogP contribution in [0.25, 0.3) is 16.9 Å². The molecule has 170 valence electrons. The fourth-order valence-electron chi connectivity index (χ4n) is 4.07. The van der Waals surface area contributed by atoms with Crippen LogP contribution in [0.15, 0.2) is 88.7 Å². The normalized spacial score (nSPS) is 11.3. The maximum absolute atomic E-state index is 13.8. The number of benzene rings is 3. The number of para-hydroxylation sites is 1. The molecule has 0 spiro atoms. The van der Waals surface area contributed by atoms with Gasteiger partial charge in [-0.05, 0) is 41.8 Å². The lowest BCUT2D eigenvalue weighted by Gasteiger charge is -2.14. The van der Waals surface area contributed by atoms with Crippen molar-refractivity contribution in [3.8, 4) is 5.69 Å². The summed E-state index contributed by atoms with van der Waals surface area (Å²) in [5, 5.41) is 0. The molecule has 0 aliphatic heterocycles. The second kappa shape index (κ2) is 8.55. The Labute approximate surface area is 193 Å². The minimum absolute atomic E-state index is 0.0800. The van der Waals surface area contributed by atoms with Crippen molar-refractivity contribution in [1.82, 2.24) is 18.7 Å². The molecule has 2 heterocycles. The van der Waals surface area contributed by atoms with E-state index in [2.05, 4.69) is 4.98 Å². The van der Waals surface area contributed by atoms with Crippen LogP contribution >= 0.6 is 0 Å². The Morgan fingerprint density at radius 2 is 1.56 bits per heavy atom. The van der Waals surface area contributed by atoms with Gasteiger partial charge in [0.15, 0.2) is 22.8 Å². The number of halogens is 2. The molecule has 34 heavy (non-hydrogen) atoms. The number of fused-ring (bicyclic) bond motifs is 1. The Morgan fingerprint density at radius 3 is 2.29 bits per heavy atom. The van der Waals surface area contributed by atoms with Gasteiger partial charge in [0.1, 0.15) is 0 Å². The lowest BCUT2D eigenvalue weighted by atomic mass is 10.2. The SMILES string of the molecule is Cc1ccccc1-n1c(=O)n(Cc2ccccc2)c(=O)c2c1ncn2Cc1ccc(F)c(F)c1. The highest BCUT2D eigenvalue weighted by atomic mass is 19.2.